The van der Waals surface area contributed by atoms with E-state index in [1.54, 1.807) is 24.5 Å². The third kappa shape index (κ3) is 1.51. The Balaban J connectivity index is 2.64. The Labute approximate surface area is 84.5 Å². The summed E-state index contributed by atoms with van der Waals surface area (Å²) in [6, 6.07) is 5.36. The first-order chi connectivity index (χ1) is 6.68. The predicted octanol–water partition coefficient (Wildman–Crippen LogP) is 3.41. The standard InChI is InChI=1S/C10H6ClF2N/c11-8-5-7(12)6-9(13)10(8)14-3-1-2-4-14/h1-6H. The molecule has 1 nitrogen and oxygen atoms in total. The van der Waals surface area contributed by atoms with E-state index in [9.17, 15) is 8.78 Å². The van der Waals surface area contributed by atoms with Crippen molar-refractivity contribution in [2.24, 2.45) is 0 Å². The number of halogens is 3. The summed E-state index contributed by atoms with van der Waals surface area (Å²) in [6.07, 6.45) is 3.28. The maximum absolute atomic E-state index is 13.3. The molecule has 0 spiro atoms. The van der Waals surface area contributed by atoms with E-state index in [0.717, 1.165) is 12.1 Å². The highest BCUT2D eigenvalue weighted by molar-refractivity contribution is 6.32. The van der Waals surface area contributed by atoms with Crippen molar-refractivity contribution in [2.75, 3.05) is 0 Å². The van der Waals surface area contributed by atoms with E-state index < -0.39 is 11.6 Å². The highest BCUT2D eigenvalue weighted by atomic mass is 35.5. The molecule has 0 aliphatic carbocycles. The third-order valence-electron chi connectivity index (χ3n) is 1.84. The smallest absolute Gasteiger partial charge is 0.151 e. The minimum Gasteiger partial charge on any atom is -0.320 e. The van der Waals surface area contributed by atoms with Crippen LogP contribution in [0.3, 0.4) is 0 Å². The predicted molar refractivity (Wildman–Crippen MR) is 50.7 cm³/mol. The molecular weight excluding hydrogens is 208 g/mol. The lowest BCUT2D eigenvalue weighted by Crippen LogP contribution is -1.96. The number of rotatable bonds is 1. The third-order valence-corrected chi connectivity index (χ3v) is 2.13. The zero-order valence-corrected chi connectivity index (χ0v) is 7.80. The Bertz CT molecular complexity index is 428. The van der Waals surface area contributed by atoms with Gasteiger partial charge in [0.05, 0.1) is 5.02 Å². The molecule has 0 saturated heterocycles. The number of hydrogen-bond acceptors (Lipinski definition) is 0. The molecule has 0 unspecified atom stereocenters. The summed E-state index contributed by atoms with van der Waals surface area (Å²) in [6.45, 7) is 0. The van der Waals surface area contributed by atoms with Crippen LogP contribution >= 0.6 is 11.6 Å². The molecule has 1 aromatic heterocycles. The molecule has 14 heavy (non-hydrogen) atoms. The molecule has 2 rings (SSSR count). The van der Waals surface area contributed by atoms with Gasteiger partial charge in [-0.2, -0.15) is 0 Å². The van der Waals surface area contributed by atoms with Gasteiger partial charge in [-0.3, -0.25) is 0 Å². The maximum Gasteiger partial charge on any atom is 0.151 e. The molecule has 0 atom stereocenters. The second kappa shape index (κ2) is 3.42. The maximum atomic E-state index is 13.3. The van der Waals surface area contributed by atoms with Crippen molar-refractivity contribution in [2.45, 2.75) is 0 Å². The number of aromatic nitrogens is 1. The van der Waals surface area contributed by atoms with E-state index in [4.69, 9.17) is 11.6 Å². The van der Waals surface area contributed by atoms with Crippen molar-refractivity contribution in [1.82, 2.24) is 4.57 Å². The Morgan fingerprint density at radius 3 is 2.29 bits per heavy atom. The van der Waals surface area contributed by atoms with E-state index in [1.807, 2.05) is 0 Å². The number of nitrogens with zero attached hydrogens (tertiary/aromatic N) is 1. The first-order valence-corrected chi connectivity index (χ1v) is 4.34. The van der Waals surface area contributed by atoms with Crippen molar-refractivity contribution < 1.29 is 8.78 Å². The zero-order chi connectivity index (χ0) is 10.1. The topological polar surface area (TPSA) is 4.93 Å². The van der Waals surface area contributed by atoms with Gasteiger partial charge in [0.15, 0.2) is 5.82 Å². The van der Waals surface area contributed by atoms with E-state index in [1.165, 1.54) is 4.57 Å². The van der Waals surface area contributed by atoms with Crippen molar-refractivity contribution in [3.63, 3.8) is 0 Å². The molecule has 0 N–H and O–H groups in total. The lowest BCUT2D eigenvalue weighted by Gasteiger charge is -2.06. The molecule has 2 aromatic rings. The summed E-state index contributed by atoms with van der Waals surface area (Å²) >= 11 is 5.73. The monoisotopic (exact) mass is 213 g/mol. The van der Waals surface area contributed by atoms with Gasteiger partial charge in [-0.1, -0.05) is 11.6 Å². The zero-order valence-electron chi connectivity index (χ0n) is 7.05. The van der Waals surface area contributed by atoms with Crippen LogP contribution in [0.15, 0.2) is 36.7 Å². The summed E-state index contributed by atoms with van der Waals surface area (Å²) in [5, 5.41) is 0.0544. The van der Waals surface area contributed by atoms with Gasteiger partial charge < -0.3 is 4.57 Å². The van der Waals surface area contributed by atoms with Gasteiger partial charge in [0.1, 0.15) is 11.5 Å². The summed E-state index contributed by atoms with van der Waals surface area (Å²) in [5.41, 5.74) is 0.165. The first kappa shape index (κ1) is 9.21. The molecule has 1 aromatic carbocycles. The summed E-state index contributed by atoms with van der Waals surface area (Å²) in [4.78, 5) is 0. The van der Waals surface area contributed by atoms with E-state index in [-0.39, 0.29) is 10.7 Å². The molecule has 0 bridgehead atoms. The Hall–Kier alpha value is -1.35. The van der Waals surface area contributed by atoms with Crippen LogP contribution in [0.5, 0.6) is 0 Å². The fraction of sp³-hybridized carbons (Fsp3) is 0. The second-order valence-electron chi connectivity index (χ2n) is 2.81. The van der Waals surface area contributed by atoms with Crippen LogP contribution in [-0.4, -0.2) is 4.57 Å². The Morgan fingerprint density at radius 2 is 1.71 bits per heavy atom. The molecule has 0 saturated carbocycles. The minimum absolute atomic E-state index is 0.0544. The van der Waals surface area contributed by atoms with Crippen LogP contribution in [-0.2, 0) is 0 Å². The molecular formula is C10H6ClF2N. The summed E-state index contributed by atoms with van der Waals surface area (Å²) < 4.78 is 27.5. The van der Waals surface area contributed by atoms with Gasteiger partial charge >= 0.3 is 0 Å². The molecule has 72 valence electrons. The van der Waals surface area contributed by atoms with Crippen LogP contribution in [0, 0.1) is 11.6 Å². The molecule has 4 heteroatoms. The highest BCUT2D eigenvalue weighted by Crippen LogP contribution is 2.24. The number of hydrogen-bond donors (Lipinski definition) is 0. The Kier molecular flexibility index (Phi) is 2.25. The fourth-order valence-electron chi connectivity index (χ4n) is 1.26. The van der Waals surface area contributed by atoms with Crippen LogP contribution in [0.2, 0.25) is 5.02 Å². The molecule has 0 aliphatic rings. The average Bonchev–Trinajstić information content (AvgIpc) is 2.54. The van der Waals surface area contributed by atoms with E-state index in [2.05, 4.69) is 0 Å². The van der Waals surface area contributed by atoms with Crippen molar-refractivity contribution >= 4 is 11.6 Å². The van der Waals surface area contributed by atoms with Gasteiger partial charge in [-0.25, -0.2) is 8.78 Å². The van der Waals surface area contributed by atoms with Gasteiger partial charge in [0.25, 0.3) is 0 Å². The molecule has 0 radical (unpaired) electrons. The van der Waals surface area contributed by atoms with Gasteiger partial charge in [-0.15, -0.1) is 0 Å². The molecule has 0 amide bonds. The molecule has 1 heterocycles. The minimum atomic E-state index is -0.677. The van der Waals surface area contributed by atoms with Crippen LogP contribution < -0.4 is 0 Å². The fourth-order valence-corrected chi connectivity index (χ4v) is 1.56. The van der Waals surface area contributed by atoms with Gasteiger partial charge in [-0.05, 0) is 18.2 Å². The first-order valence-electron chi connectivity index (χ1n) is 3.96. The van der Waals surface area contributed by atoms with Crippen LogP contribution in [0.1, 0.15) is 0 Å². The van der Waals surface area contributed by atoms with Crippen molar-refractivity contribution in [3.8, 4) is 5.69 Å². The lowest BCUT2D eigenvalue weighted by atomic mass is 10.3. The summed E-state index contributed by atoms with van der Waals surface area (Å²) in [5.74, 6) is -1.35. The number of benzene rings is 1. The molecule has 0 aliphatic heterocycles. The van der Waals surface area contributed by atoms with E-state index in [0.29, 0.717) is 0 Å². The van der Waals surface area contributed by atoms with Crippen LogP contribution in [0.4, 0.5) is 8.78 Å². The largest absolute Gasteiger partial charge is 0.320 e. The highest BCUT2D eigenvalue weighted by Gasteiger charge is 2.10. The molecule has 0 fully saturated rings. The second-order valence-corrected chi connectivity index (χ2v) is 3.22. The van der Waals surface area contributed by atoms with E-state index >= 15 is 0 Å². The lowest BCUT2D eigenvalue weighted by molar-refractivity contribution is 0.578. The quantitative estimate of drug-likeness (QED) is 0.684. The van der Waals surface area contributed by atoms with Crippen molar-refractivity contribution in [1.29, 1.82) is 0 Å². The van der Waals surface area contributed by atoms with Crippen molar-refractivity contribution in [3.05, 3.63) is 53.3 Å². The normalized spacial score (nSPS) is 10.5. The average molecular weight is 214 g/mol. The SMILES string of the molecule is Fc1cc(F)c(-n2cccc2)c(Cl)c1. The van der Waals surface area contributed by atoms with Gasteiger partial charge in [0, 0.05) is 18.5 Å². The van der Waals surface area contributed by atoms with Gasteiger partial charge in [0.2, 0.25) is 0 Å². The van der Waals surface area contributed by atoms with Crippen LogP contribution in [0.25, 0.3) is 5.69 Å². The summed E-state index contributed by atoms with van der Waals surface area (Å²) in [7, 11) is 0. The Morgan fingerprint density at radius 1 is 1.07 bits per heavy atom.